The van der Waals surface area contributed by atoms with Gasteiger partial charge in [0.2, 0.25) is 5.91 Å². The van der Waals surface area contributed by atoms with Gasteiger partial charge in [-0.05, 0) is 44.6 Å². The van der Waals surface area contributed by atoms with E-state index in [0.717, 1.165) is 23.4 Å². The van der Waals surface area contributed by atoms with Crippen molar-refractivity contribution in [3.63, 3.8) is 0 Å². The zero-order valence-electron chi connectivity index (χ0n) is 16.0. The fraction of sp³-hybridized carbons (Fsp3) is 0.650. The second-order valence-electron chi connectivity index (χ2n) is 8.13. The second kappa shape index (κ2) is 7.37. The minimum atomic E-state index is -4.49. The van der Waals surface area contributed by atoms with Crippen LogP contribution in [0, 0.1) is 12.8 Å². The van der Waals surface area contributed by atoms with Crippen LogP contribution >= 0.6 is 0 Å². The van der Waals surface area contributed by atoms with Gasteiger partial charge >= 0.3 is 6.18 Å². The van der Waals surface area contributed by atoms with Crippen molar-refractivity contribution in [2.75, 3.05) is 13.1 Å². The summed E-state index contributed by atoms with van der Waals surface area (Å²) >= 11 is 0. The van der Waals surface area contributed by atoms with Crippen molar-refractivity contribution < 1.29 is 18.0 Å². The van der Waals surface area contributed by atoms with Crippen molar-refractivity contribution in [2.45, 2.75) is 64.0 Å². The number of hydrogen-bond donors (Lipinski definition) is 0. The third-order valence-corrected chi connectivity index (χ3v) is 6.06. The Kier molecular flexibility index (Phi) is 5.05. The first-order valence-electron chi connectivity index (χ1n) is 10.0. The number of piperidine rings is 1. The van der Waals surface area contributed by atoms with Crippen molar-refractivity contribution in [2.24, 2.45) is 5.92 Å². The molecule has 4 rings (SSSR count). The molecule has 5 nitrogen and oxygen atoms in total. The van der Waals surface area contributed by atoms with E-state index in [9.17, 15) is 18.0 Å². The minimum absolute atomic E-state index is 0.0724. The number of fused-ring (bicyclic) bond motifs is 1. The highest BCUT2D eigenvalue weighted by Crippen LogP contribution is 2.35. The van der Waals surface area contributed by atoms with Crippen LogP contribution in [0.1, 0.15) is 67.9 Å². The topological polar surface area (TPSA) is 50.5 Å². The molecule has 28 heavy (non-hydrogen) atoms. The molecule has 0 aromatic carbocycles. The molecule has 1 aliphatic carbocycles. The standard InChI is InChI=1S/C20H25F3N4O/c1-13-10-18-24-16(12-17(20(21,22)23)27(18)25-13)15-6-8-26(9-7-15)19(28)11-14-4-2-3-5-14/h10,12,14-15H,2-9,11H2,1H3. The lowest BCUT2D eigenvalue weighted by molar-refractivity contribution is -0.142. The van der Waals surface area contributed by atoms with Crippen molar-refractivity contribution in [1.82, 2.24) is 19.5 Å². The molecule has 0 N–H and O–H groups in total. The van der Waals surface area contributed by atoms with E-state index in [2.05, 4.69) is 10.1 Å². The Hall–Kier alpha value is -2.12. The Labute approximate surface area is 161 Å². The van der Waals surface area contributed by atoms with Gasteiger partial charge in [0.15, 0.2) is 5.65 Å². The number of amides is 1. The van der Waals surface area contributed by atoms with E-state index in [4.69, 9.17) is 0 Å². The Morgan fingerprint density at radius 1 is 1.14 bits per heavy atom. The summed E-state index contributed by atoms with van der Waals surface area (Å²) in [6.45, 7) is 2.83. The molecule has 1 amide bonds. The number of halogens is 3. The van der Waals surface area contributed by atoms with Crippen LogP contribution in [0.2, 0.25) is 0 Å². The number of aryl methyl sites for hydroxylation is 1. The summed E-state index contributed by atoms with van der Waals surface area (Å²) in [4.78, 5) is 18.8. The van der Waals surface area contributed by atoms with Crippen LogP contribution < -0.4 is 0 Å². The summed E-state index contributed by atoms with van der Waals surface area (Å²) in [6, 6.07) is 2.69. The lowest BCUT2D eigenvalue weighted by Gasteiger charge is -2.32. The molecule has 1 saturated heterocycles. The summed E-state index contributed by atoms with van der Waals surface area (Å²) in [5, 5.41) is 3.93. The number of nitrogens with zero attached hydrogens (tertiary/aromatic N) is 4. The van der Waals surface area contributed by atoms with E-state index >= 15 is 0 Å². The van der Waals surface area contributed by atoms with Crippen LogP contribution in [0.3, 0.4) is 0 Å². The smallest absolute Gasteiger partial charge is 0.343 e. The van der Waals surface area contributed by atoms with Crippen molar-refractivity contribution in [3.05, 3.63) is 29.2 Å². The summed E-state index contributed by atoms with van der Waals surface area (Å²) in [5.74, 6) is 0.627. The number of rotatable bonds is 3. The Bertz CT molecular complexity index is 862. The molecule has 2 aliphatic rings. The summed E-state index contributed by atoms with van der Waals surface area (Å²) in [6.07, 6.45) is 2.10. The molecular weight excluding hydrogens is 369 g/mol. The van der Waals surface area contributed by atoms with Gasteiger partial charge < -0.3 is 4.90 Å². The van der Waals surface area contributed by atoms with E-state index in [1.165, 1.54) is 12.8 Å². The van der Waals surface area contributed by atoms with Gasteiger partial charge in [0.1, 0.15) is 5.69 Å². The molecule has 2 fully saturated rings. The predicted octanol–water partition coefficient (Wildman–Crippen LogP) is 4.34. The molecule has 2 aromatic rings. The van der Waals surface area contributed by atoms with Crippen LogP contribution in [0.4, 0.5) is 13.2 Å². The van der Waals surface area contributed by atoms with Gasteiger partial charge in [0.05, 0.1) is 5.69 Å². The van der Waals surface area contributed by atoms with Gasteiger partial charge in [-0.3, -0.25) is 4.79 Å². The molecule has 152 valence electrons. The van der Waals surface area contributed by atoms with Crippen LogP contribution in [0.25, 0.3) is 5.65 Å². The highest BCUT2D eigenvalue weighted by atomic mass is 19.4. The highest BCUT2D eigenvalue weighted by molar-refractivity contribution is 5.76. The van der Waals surface area contributed by atoms with Crippen LogP contribution in [0.15, 0.2) is 12.1 Å². The minimum Gasteiger partial charge on any atom is -0.343 e. The average molecular weight is 394 g/mol. The van der Waals surface area contributed by atoms with E-state index in [0.29, 0.717) is 49.7 Å². The lowest BCUT2D eigenvalue weighted by atomic mass is 9.92. The molecule has 8 heteroatoms. The first kappa shape index (κ1) is 19.2. The first-order valence-corrected chi connectivity index (χ1v) is 10.0. The van der Waals surface area contributed by atoms with Crippen molar-refractivity contribution in [3.8, 4) is 0 Å². The van der Waals surface area contributed by atoms with Crippen LogP contribution in [-0.4, -0.2) is 38.5 Å². The number of likely N-dealkylation sites (tertiary alicyclic amines) is 1. The fourth-order valence-corrected chi connectivity index (χ4v) is 4.53. The molecular formula is C20H25F3N4O. The molecule has 0 atom stereocenters. The molecule has 0 radical (unpaired) electrons. The molecule has 2 aromatic heterocycles. The monoisotopic (exact) mass is 394 g/mol. The predicted molar refractivity (Wildman–Crippen MR) is 97.9 cm³/mol. The molecule has 1 saturated carbocycles. The van der Waals surface area contributed by atoms with E-state index in [-0.39, 0.29) is 17.5 Å². The number of carbonyl (C=O) groups is 1. The maximum Gasteiger partial charge on any atom is 0.433 e. The Balaban J connectivity index is 1.48. The van der Waals surface area contributed by atoms with Gasteiger partial charge in [0, 0.05) is 37.2 Å². The Morgan fingerprint density at radius 2 is 1.82 bits per heavy atom. The molecule has 1 aliphatic heterocycles. The summed E-state index contributed by atoms with van der Waals surface area (Å²) in [7, 11) is 0. The third-order valence-electron chi connectivity index (χ3n) is 6.06. The molecule has 3 heterocycles. The maximum atomic E-state index is 13.5. The highest BCUT2D eigenvalue weighted by Gasteiger charge is 2.36. The van der Waals surface area contributed by atoms with Crippen molar-refractivity contribution in [1.29, 1.82) is 0 Å². The lowest BCUT2D eigenvalue weighted by Crippen LogP contribution is -2.38. The van der Waals surface area contributed by atoms with Gasteiger partial charge in [-0.25, -0.2) is 9.50 Å². The number of aromatic nitrogens is 3. The molecule has 0 unspecified atom stereocenters. The zero-order valence-corrected chi connectivity index (χ0v) is 16.0. The average Bonchev–Trinajstić information content (AvgIpc) is 3.28. The zero-order chi connectivity index (χ0) is 19.9. The number of alkyl halides is 3. The number of carbonyl (C=O) groups excluding carboxylic acids is 1. The van der Waals surface area contributed by atoms with E-state index in [1.54, 1.807) is 13.0 Å². The van der Waals surface area contributed by atoms with Gasteiger partial charge in [-0.2, -0.15) is 18.3 Å². The fourth-order valence-electron chi connectivity index (χ4n) is 4.53. The quantitative estimate of drug-likeness (QED) is 0.778. The first-order chi connectivity index (χ1) is 13.3. The SMILES string of the molecule is Cc1cc2nc(C3CCN(C(=O)CC4CCCC4)CC3)cc(C(F)(F)F)n2n1. The summed E-state index contributed by atoms with van der Waals surface area (Å²) in [5.41, 5.74) is 0.382. The van der Waals surface area contributed by atoms with Crippen LogP contribution in [0.5, 0.6) is 0 Å². The largest absolute Gasteiger partial charge is 0.433 e. The normalized spacial score (nSPS) is 19.6. The van der Waals surface area contributed by atoms with Gasteiger partial charge in [-0.15, -0.1) is 0 Å². The Morgan fingerprint density at radius 3 is 2.46 bits per heavy atom. The molecule has 0 bridgehead atoms. The van der Waals surface area contributed by atoms with Gasteiger partial charge in [-0.1, -0.05) is 12.8 Å². The second-order valence-corrected chi connectivity index (χ2v) is 8.13. The maximum absolute atomic E-state index is 13.5. The van der Waals surface area contributed by atoms with Crippen LogP contribution in [-0.2, 0) is 11.0 Å². The molecule has 0 spiro atoms. The van der Waals surface area contributed by atoms with Gasteiger partial charge in [0.25, 0.3) is 0 Å². The van der Waals surface area contributed by atoms with Crippen molar-refractivity contribution >= 4 is 11.6 Å². The summed E-state index contributed by atoms with van der Waals surface area (Å²) < 4.78 is 41.4. The van der Waals surface area contributed by atoms with E-state index < -0.39 is 11.9 Å². The third kappa shape index (κ3) is 3.86. The van der Waals surface area contributed by atoms with E-state index in [1.807, 2.05) is 4.90 Å². The number of hydrogen-bond acceptors (Lipinski definition) is 3.